The van der Waals surface area contributed by atoms with Crippen molar-refractivity contribution in [3.63, 3.8) is 0 Å². The minimum atomic E-state index is -2.70. The van der Waals surface area contributed by atoms with Crippen LogP contribution in [0.25, 0.3) is 0 Å². The third kappa shape index (κ3) is 6.36. The Balaban J connectivity index is 4.26. The smallest absolute Gasteiger partial charge is 0.167 e. The van der Waals surface area contributed by atoms with Crippen LogP contribution in [0.1, 0.15) is 19.3 Å². The first-order chi connectivity index (χ1) is 8.32. The molecule has 0 aromatic carbocycles. The normalized spacial score (nSPS) is 20.5. The molecule has 0 bridgehead atoms. The number of hydrogen-bond donors (Lipinski definition) is 0. The van der Waals surface area contributed by atoms with E-state index in [-0.39, 0.29) is 6.42 Å². The molecule has 110 valence electrons. The average molecular weight is 352 g/mol. The maximum Gasteiger partial charge on any atom is 0.167 e. The molecule has 0 fully saturated rings. The fourth-order valence-corrected chi connectivity index (χ4v) is 1.89. The third-order valence-electron chi connectivity index (χ3n) is 2.36. The van der Waals surface area contributed by atoms with Gasteiger partial charge < -0.3 is 0 Å². The van der Waals surface area contributed by atoms with Crippen molar-refractivity contribution in [1.82, 2.24) is 0 Å². The summed E-state index contributed by atoms with van der Waals surface area (Å²) < 4.78 is 53.3. The predicted octanol–water partition coefficient (Wildman–Crippen LogP) is 5.16. The number of halogens is 8. The zero-order valence-corrected chi connectivity index (χ0v) is 12.3. The first-order valence-corrected chi connectivity index (χ1v) is 7.21. The molecule has 8 heteroatoms. The van der Waals surface area contributed by atoms with Gasteiger partial charge in [0.15, 0.2) is 18.5 Å². The van der Waals surface area contributed by atoms with Crippen LogP contribution >= 0.6 is 46.4 Å². The summed E-state index contributed by atoms with van der Waals surface area (Å²) in [6.07, 6.45) is -9.30. The quantitative estimate of drug-likeness (QED) is 0.306. The Labute approximate surface area is 124 Å². The number of hydrogen-bond acceptors (Lipinski definition) is 0. The SMILES string of the molecule is FC(CCCCCl)C(F)C(F)C(F)C(Cl)C(Cl)Cl. The fraction of sp³-hybridized carbons (Fsp3) is 1.00. The zero-order chi connectivity index (χ0) is 14.3. The molecule has 0 spiro atoms. The molecule has 5 unspecified atom stereocenters. The third-order valence-corrected chi connectivity index (χ3v) is 3.92. The van der Waals surface area contributed by atoms with Gasteiger partial charge >= 0.3 is 0 Å². The van der Waals surface area contributed by atoms with E-state index in [1.807, 2.05) is 0 Å². The van der Waals surface area contributed by atoms with E-state index >= 15 is 0 Å². The molecule has 18 heavy (non-hydrogen) atoms. The van der Waals surface area contributed by atoms with Crippen LogP contribution in [0.2, 0.25) is 0 Å². The molecule has 0 saturated carbocycles. The second-order valence-electron chi connectivity index (χ2n) is 3.81. The van der Waals surface area contributed by atoms with Crippen molar-refractivity contribution in [3.05, 3.63) is 0 Å². The second kappa shape index (κ2) is 9.73. The Hall–Kier alpha value is 0.880. The molecule has 5 atom stereocenters. The lowest BCUT2D eigenvalue weighted by Gasteiger charge is -2.23. The van der Waals surface area contributed by atoms with Crippen molar-refractivity contribution in [1.29, 1.82) is 0 Å². The minimum absolute atomic E-state index is 0.223. The summed E-state index contributed by atoms with van der Waals surface area (Å²) in [5, 5.41) is -1.63. The molecule has 0 amide bonds. The molecule has 0 heterocycles. The molecule has 0 aromatic heterocycles. The molecule has 0 aliphatic heterocycles. The molecule has 0 aromatic rings. The molecule has 0 rings (SSSR count). The largest absolute Gasteiger partial charge is 0.244 e. The highest BCUT2D eigenvalue weighted by molar-refractivity contribution is 6.48. The van der Waals surface area contributed by atoms with Gasteiger partial charge in [-0.25, -0.2) is 17.6 Å². The highest BCUT2D eigenvalue weighted by Gasteiger charge is 2.41. The summed E-state index contributed by atoms with van der Waals surface area (Å²) >= 11 is 21.2. The molecule has 0 saturated heterocycles. The summed E-state index contributed by atoms with van der Waals surface area (Å²) in [5.41, 5.74) is 0. The summed E-state index contributed by atoms with van der Waals surface area (Å²) in [5.74, 6) is 0.304. The van der Waals surface area contributed by atoms with Crippen LogP contribution < -0.4 is 0 Å². The van der Waals surface area contributed by atoms with E-state index in [1.165, 1.54) is 0 Å². The fourth-order valence-electron chi connectivity index (χ4n) is 1.28. The maximum absolute atomic E-state index is 13.3. The second-order valence-corrected chi connectivity index (χ2v) is 5.86. The maximum atomic E-state index is 13.3. The molecule has 0 aliphatic rings. The van der Waals surface area contributed by atoms with Gasteiger partial charge in [-0.15, -0.1) is 46.4 Å². The molecular weight excluding hydrogens is 338 g/mol. The lowest BCUT2D eigenvalue weighted by molar-refractivity contribution is 0.0289. The molecule has 0 N–H and O–H groups in total. The predicted molar refractivity (Wildman–Crippen MR) is 69.3 cm³/mol. The van der Waals surface area contributed by atoms with Gasteiger partial charge in [0, 0.05) is 5.88 Å². The number of unbranched alkanes of at least 4 members (excludes halogenated alkanes) is 1. The molecule has 0 radical (unpaired) electrons. The monoisotopic (exact) mass is 350 g/mol. The zero-order valence-electron chi connectivity index (χ0n) is 9.32. The summed E-state index contributed by atoms with van der Waals surface area (Å²) in [7, 11) is 0. The van der Waals surface area contributed by atoms with Crippen molar-refractivity contribution >= 4 is 46.4 Å². The first-order valence-electron chi connectivity index (χ1n) is 5.37. The Morgan fingerprint density at radius 2 is 1.33 bits per heavy atom. The van der Waals surface area contributed by atoms with Gasteiger partial charge in [0.1, 0.15) is 11.0 Å². The van der Waals surface area contributed by atoms with Crippen LogP contribution in [-0.2, 0) is 0 Å². The van der Waals surface area contributed by atoms with Crippen molar-refractivity contribution < 1.29 is 17.6 Å². The van der Waals surface area contributed by atoms with Crippen LogP contribution in [0, 0.1) is 0 Å². The Morgan fingerprint density at radius 3 is 1.78 bits per heavy atom. The van der Waals surface area contributed by atoms with Crippen LogP contribution in [-0.4, -0.2) is 40.8 Å². The lowest BCUT2D eigenvalue weighted by atomic mass is 10.0. The van der Waals surface area contributed by atoms with E-state index in [2.05, 4.69) is 0 Å². The van der Waals surface area contributed by atoms with Gasteiger partial charge in [0.05, 0.1) is 5.38 Å². The molecular formula is C10H14Cl4F4. The Morgan fingerprint density at radius 1 is 0.778 bits per heavy atom. The highest BCUT2D eigenvalue weighted by Crippen LogP contribution is 2.28. The highest BCUT2D eigenvalue weighted by atomic mass is 35.5. The molecule has 0 nitrogen and oxygen atoms in total. The lowest BCUT2D eigenvalue weighted by Crippen LogP contribution is -2.41. The summed E-state index contributed by atoms with van der Waals surface area (Å²) in [4.78, 5) is -1.40. The van der Waals surface area contributed by atoms with E-state index in [0.717, 1.165) is 0 Å². The van der Waals surface area contributed by atoms with E-state index in [9.17, 15) is 17.6 Å². The van der Waals surface area contributed by atoms with E-state index in [4.69, 9.17) is 46.4 Å². The van der Waals surface area contributed by atoms with Gasteiger partial charge in [-0.1, -0.05) is 0 Å². The van der Waals surface area contributed by atoms with E-state index in [0.29, 0.717) is 18.7 Å². The summed E-state index contributed by atoms with van der Waals surface area (Å²) in [6, 6.07) is 0. The van der Waals surface area contributed by atoms with Gasteiger partial charge in [-0.05, 0) is 19.3 Å². The van der Waals surface area contributed by atoms with E-state index < -0.39 is 34.9 Å². The van der Waals surface area contributed by atoms with Gasteiger partial charge in [0.2, 0.25) is 0 Å². The van der Waals surface area contributed by atoms with Gasteiger partial charge in [-0.3, -0.25) is 0 Å². The molecule has 0 aliphatic carbocycles. The van der Waals surface area contributed by atoms with Gasteiger partial charge in [-0.2, -0.15) is 0 Å². The minimum Gasteiger partial charge on any atom is -0.244 e. The van der Waals surface area contributed by atoms with Crippen LogP contribution in [0.15, 0.2) is 0 Å². The Kier molecular flexibility index (Phi) is 10.2. The first kappa shape index (κ1) is 18.9. The van der Waals surface area contributed by atoms with E-state index in [1.54, 1.807) is 0 Å². The number of alkyl halides is 8. The topological polar surface area (TPSA) is 0 Å². The average Bonchev–Trinajstić information content (AvgIpc) is 2.35. The van der Waals surface area contributed by atoms with Gasteiger partial charge in [0.25, 0.3) is 0 Å². The summed E-state index contributed by atoms with van der Waals surface area (Å²) in [6.45, 7) is 0. The van der Waals surface area contributed by atoms with Crippen molar-refractivity contribution in [2.75, 3.05) is 5.88 Å². The Bertz CT molecular complexity index is 220. The van der Waals surface area contributed by atoms with Crippen LogP contribution in [0.3, 0.4) is 0 Å². The van der Waals surface area contributed by atoms with Crippen LogP contribution in [0.4, 0.5) is 17.6 Å². The van der Waals surface area contributed by atoms with Crippen molar-refractivity contribution in [2.45, 2.75) is 54.2 Å². The van der Waals surface area contributed by atoms with Crippen molar-refractivity contribution in [3.8, 4) is 0 Å². The standard InChI is InChI=1S/C10H14Cl4F4/c11-4-2-1-3-5(15)7(16)9(18)8(17)6(12)10(13)14/h5-10H,1-4H2. The van der Waals surface area contributed by atoms with Crippen LogP contribution in [0.5, 0.6) is 0 Å². The number of rotatable bonds is 9. The van der Waals surface area contributed by atoms with Crippen molar-refractivity contribution in [2.24, 2.45) is 0 Å².